The standard InChI is InChI=1S/C27H28O6S/c1-32-25(28)27(26(29)33-2)17-9-14-22-21(19-10-5-3-6-11-19)15-16-23(22)24(18-27)34(30,31)20-12-7-4-8-13-20/h3-8,10-13H,9,14-18H2,1-2H3/b24-23+. The van der Waals surface area contributed by atoms with Gasteiger partial charge in [-0.2, -0.15) is 0 Å². The monoisotopic (exact) mass is 480 g/mol. The van der Waals surface area contributed by atoms with Crippen molar-refractivity contribution in [2.75, 3.05) is 14.2 Å². The molecule has 0 fully saturated rings. The van der Waals surface area contributed by atoms with Gasteiger partial charge in [-0.15, -0.1) is 0 Å². The lowest BCUT2D eigenvalue weighted by molar-refractivity contribution is -0.169. The van der Waals surface area contributed by atoms with Gasteiger partial charge < -0.3 is 9.47 Å². The zero-order valence-corrected chi connectivity index (χ0v) is 20.2. The highest BCUT2D eigenvalue weighted by Crippen LogP contribution is 2.49. The number of methoxy groups -OCH3 is 2. The first-order valence-electron chi connectivity index (χ1n) is 11.3. The van der Waals surface area contributed by atoms with Crippen molar-refractivity contribution in [2.24, 2.45) is 5.41 Å². The van der Waals surface area contributed by atoms with Crippen molar-refractivity contribution in [2.45, 2.75) is 43.4 Å². The second-order valence-corrected chi connectivity index (χ2v) is 10.6. The molecule has 2 aliphatic carbocycles. The molecular formula is C27H28O6S. The Morgan fingerprint density at radius 3 is 1.91 bits per heavy atom. The second kappa shape index (κ2) is 9.58. The average molecular weight is 481 g/mol. The maximum absolute atomic E-state index is 14.0. The minimum absolute atomic E-state index is 0.107. The lowest BCUT2D eigenvalue weighted by Crippen LogP contribution is -2.43. The van der Waals surface area contributed by atoms with Gasteiger partial charge in [0.25, 0.3) is 0 Å². The Morgan fingerprint density at radius 2 is 1.32 bits per heavy atom. The molecule has 0 amide bonds. The van der Waals surface area contributed by atoms with Gasteiger partial charge in [0.05, 0.1) is 24.0 Å². The number of fused-ring (bicyclic) bond motifs is 1. The first-order valence-corrected chi connectivity index (χ1v) is 12.8. The summed E-state index contributed by atoms with van der Waals surface area (Å²) in [6.45, 7) is 0. The van der Waals surface area contributed by atoms with Crippen LogP contribution in [0.2, 0.25) is 0 Å². The Hall–Kier alpha value is -3.19. The van der Waals surface area contributed by atoms with Gasteiger partial charge in [0.2, 0.25) is 9.84 Å². The van der Waals surface area contributed by atoms with Crippen LogP contribution in [0.3, 0.4) is 0 Å². The van der Waals surface area contributed by atoms with Gasteiger partial charge in [-0.25, -0.2) is 8.42 Å². The quantitative estimate of drug-likeness (QED) is 0.448. The van der Waals surface area contributed by atoms with Crippen molar-refractivity contribution in [3.05, 3.63) is 82.3 Å². The van der Waals surface area contributed by atoms with Crippen molar-refractivity contribution in [1.29, 1.82) is 0 Å². The number of benzene rings is 2. The molecule has 34 heavy (non-hydrogen) atoms. The number of esters is 2. The molecule has 0 heterocycles. The lowest BCUT2D eigenvalue weighted by atomic mass is 9.76. The van der Waals surface area contributed by atoms with E-state index in [9.17, 15) is 18.0 Å². The molecule has 0 unspecified atom stereocenters. The van der Waals surface area contributed by atoms with Crippen molar-refractivity contribution in [1.82, 2.24) is 0 Å². The number of hydrogen-bond acceptors (Lipinski definition) is 6. The minimum Gasteiger partial charge on any atom is -0.468 e. The molecule has 0 spiro atoms. The third kappa shape index (κ3) is 4.09. The van der Waals surface area contributed by atoms with E-state index in [-0.39, 0.29) is 22.6 Å². The molecule has 0 aromatic heterocycles. The summed E-state index contributed by atoms with van der Waals surface area (Å²) in [7, 11) is -1.57. The fourth-order valence-corrected chi connectivity index (χ4v) is 6.95. The zero-order chi connectivity index (χ0) is 24.3. The van der Waals surface area contributed by atoms with E-state index in [4.69, 9.17) is 9.47 Å². The van der Waals surface area contributed by atoms with Gasteiger partial charge in [-0.05, 0) is 66.5 Å². The van der Waals surface area contributed by atoms with Gasteiger partial charge in [0.15, 0.2) is 5.41 Å². The summed E-state index contributed by atoms with van der Waals surface area (Å²) in [4.78, 5) is 26.2. The van der Waals surface area contributed by atoms with Gasteiger partial charge in [0.1, 0.15) is 0 Å². The highest BCUT2D eigenvalue weighted by Gasteiger charge is 2.51. The normalized spacial score (nSPS) is 20.2. The maximum Gasteiger partial charge on any atom is 0.323 e. The Morgan fingerprint density at radius 1 is 0.765 bits per heavy atom. The van der Waals surface area contributed by atoms with Crippen LogP contribution >= 0.6 is 0 Å². The number of allylic oxidation sites excluding steroid dienone is 4. The fraction of sp³-hybridized carbons (Fsp3) is 0.333. The van der Waals surface area contributed by atoms with Crippen LogP contribution in [-0.2, 0) is 28.9 Å². The van der Waals surface area contributed by atoms with E-state index < -0.39 is 27.2 Å². The van der Waals surface area contributed by atoms with Crippen molar-refractivity contribution >= 4 is 27.3 Å². The Kier molecular flexibility index (Phi) is 6.75. The van der Waals surface area contributed by atoms with Crippen LogP contribution < -0.4 is 0 Å². The van der Waals surface area contributed by atoms with Crippen LogP contribution in [0.25, 0.3) is 5.57 Å². The molecule has 2 aliphatic rings. The molecule has 0 N–H and O–H groups in total. The first kappa shape index (κ1) is 24.0. The number of carbonyl (C=O) groups excluding carboxylic acids is 2. The summed E-state index contributed by atoms with van der Waals surface area (Å²) in [5, 5.41) is 0. The molecule has 7 heteroatoms. The van der Waals surface area contributed by atoms with Gasteiger partial charge >= 0.3 is 11.9 Å². The van der Waals surface area contributed by atoms with Crippen molar-refractivity contribution < 1.29 is 27.5 Å². The van der Waals surface area contributed by atoms with E-state index in [1.165, 1.54) is 26.4 Å². The topological polar surface area (TPSA) is 86.7 Å². The summed E-state index contributed by atoms with van der Waals surface area (Å²) in [6.07, 6.45) is 2.16. The molecule has 178 valence electrons. The zero-order valence-electron chi connectivity index (χ0n) is 19.4. The predicted octanol–water partition coefficient (Wildman–Crippen LogP) is 4.87. The highest BCUT2D eigenvalue weighted by molar-refractivity contribution is 7.95. The molecule has 4 rings (SSSR count). The Bertz CT molecular complexity index is 1240. The number of hydrogen-bond donors (Lipinski definition) is 0. The molecular weight excluding hydrogens is 452 g/mol. The van der Waals surface area contributed by atoms with E-state index >= 15 is 0 Å². The summed E-state index contributed by atoms with van der Waals surface area (Å²) < 4.78 is 37.9. The van der Waals surface area contributed by atoms with Crippen molar-refractivity contribution in [3.8, 4) is 0 Å². The number of carbonyl (C=O) groups is 2. The summed E-state index contributed by atoms with van der Waals surface area (Å²) in [6, 6.07) is 18.1. The van der Waals surface area contributed by atoms with Crippen LogP contribution in [0, 0.1) is 5.41 Å². The van der Waals surface area contributed by atoms with Crippen molar-refractivity contribution in [3.63, 3.8) is 0 Å². The van der Waals surface area contributed by atoms with E-state index in [0.717, 1.165) is 16.7 Å². The highest BCUT2D eigenvalue weighted by atomic mass is 32.2. The maximum atomic E-state index is 14.0. The van der Waals surface area contributed by atoms with E-state index in [1.807, 2.05) is 30.3 Å². The first-order chi connectivity index (χ1) is 16.3. The third-order valence-corrected chi connectivity index (χ3v) is 8.77. The van der Waals surface area contributed by atoms with Crippen LogP contribution in [0.4, 0.5) is 0 Å². The van der Waals surface area contributed by atoms with E-state index in [2.05, 4.69) is 0 Å². The summed E-state index contributed by atoms with van der Waals surface area (Å²) in [5.74, 6) is -1.54. The van der Waals surface area contributed by atoms with Crippen LogP contribution in [0.15, 0.2) is 81.6 Å². The predicted molar refractivity (Wildman–Crippen MR) is 128 cm³/mol. The number of sulfone groups is 1. The smallest absolute Gasteiger partial charge is 0.323 e. The van der Waals surface area contributed by atoms with Crippen LogP contribution in [-0.4, -0.2) is 34.6 Å². The average Bonchev–Trinajstić information content (AvgIpc) is 3.27. The molecule has 6 nitrogen and oxygen atoms in total. The number of rotatable bonds is 5. The van der Waals surface area contributed by atoms with E-state index in [0.29, 0.717) is 31.3 Å². The fourth-order valence-electron chi connectivity index (χ4n) is 5.16. The second-order valence-electron chi connectivity index (χ2n) is 8.64. The Balaban J connectivity index is 1.99. The lowest BCUT2D eigenvalue weighted by Gasteiger charge is -2.32. The molecule has 0 radical (unpaired) electrons. The molecule has 0 atom stereocenters. The van der Waals surface area contributed by atoms with Crippen LogP contribution in [0.5, 0.6) is 0 Å². The number of ether oxygens (including phenoxy) is 2. The SMILES string of the molecule is COC(=O)C1(C(=O)OC)CCCC2=C(c3ccccc3)CC/C2=C(\S(=O)(=O)c2ccccc2)C1. The molecule has 0 saturated carbocycles. The largest absolute Gasteiger partial charge is 0.468 e. The van der Waals surface area contributed by atoms with Gasteiger partial charge in [-0.3, -0.25) is 9.59 Å². The van der Waals surface area contributed by atoms with Gasteiger partial charge in [-0.1, -0.05) is 48.5 Å². The van der Waals surface area contributed by atoms with Gasteiger partial charge in [0, 0.05) is 6.42 Å². The molecule has 0 aliphatic heterocycles. The minimum atomic E-state index is -3.99. The molecule has 0 saturated heterocycles. The summed E-state index contributed by atoms with van der Waals surface area (Å²) in [5.41, 5.74) is 2.19. The van der Waals surface area contributed by atoms with Crippen LogP contribution in [0.1, 0.15) is 44.1 Å². The molecule has 0 bridgehead atoms. The molecule has 2 aromatic carbocycles. The molecule has 2 aromatic rings. The third-order valence-electron chi connectivity index (χ3n) is 6.84. The summed E-state index contributed by atoms with van der Waals surface area (Å²) >= 11 is 0. The Labute approximate surface area is 200 Å². The van der Waals surface area contributed by atoms with E-state index in [1.54, 1.807) is 18.2 Å².